The second-order valence-electron chi connectivity index (χ2n) is 13.7. The predicted octanol–water partition coefficient (Wildman–Crippen LogP) is 6.23. The summed E-state index contributed by atoms with van der Waals surface area (Å²) in [5.74, 6) is 4.79. The molecule has 8 fully saturated rings. The summed E-state index contributed by atoms with van der Waals surface area (Å²) in [5.41, 5.74) is 1.74. The van der Waals surface area contributed by atoms with Gasteiger partial charge in [0.15, 0.2) is 5.75 Å². The summed E-state index contributed by atoms with van der Waals surface area (Å²) < 4.78 is 6.31. The Kier molecular flexibility index (Phi) is 4.97. The van der Waals surface area contributed by atoms with Crippen LogP contribution in [-0.2, 0) is 16.0 Å². The van der Waals surface area contributed by atoms with Gasteiger partial charge in [0, 0.05) is 5.69 Å². The largest absolute Gasteiger partial charge is 0.422 e. The lowest BCUT2D eigenvalue weighted by molar-refractivity contribution is -0.161. The van der Waals surface area contributed by atoms with Gasteiger partial charge in [-0.2, -0.15) is 0 Å². The van der Waals surface area contributed by atoms with E-state index in [9.17, 15) is 9.59 Å². The highest BCUT2D eigenvalue weighted by Crippen LogP contribution is 2.62. The molecule has 8 bridgehead atoms. The van der Waals surface area contributed by atoms with Gasteiger partial charge >= 0.3 is 5.97 Å². The number of hydrogen-bond donors (Lipinski definition) is 1. The van der Waals surface area contributed by atoms with Gasteiger partial charge in [-0.15, -0.1) is 0 Å². The summed E-state index contributed by atoms with van der Waals surface area (Å²) >= 11 is 0. The van der Waals surface area contributed by atoms with E-state index in [1.165, 1.54) is 38.5 Å². The summed E-state index contributed by atoms with van der Waals surface area (Å²) in [6.45, 7) is 4.01. The van der Waals surface area contributed by atoms with E-state index in [4.69, 9.17) is 9.72 Å². The molecule has 0 atom stereocenters. The highest BCUT2D eigenvalue weighted by Gasteiger charge is 2.57. The van der Waals surface area contributed by atoms with Crippen molar-refractivity contribution < 1.29 is 14.3 Å². The van der Waals surface area contributed by atoms with Crippen molar-refractivity contribution in [3.8, 4) is 5.75 Å². The molecule has 5 nitrogen and oxygen atoms in total. The van der Waals surface area contributed by atoms with Crippen LogP contribution in [0.15, 0.2) is 6.07 Å². The third-order valence-corrected chi connectivity index (χ3v) is 10.9. The Balaban J connectivity index is 1.17. The van der Waals surface area contributed by atoms with Gasteiger partial charge in [0.25, 0.3) is 0 Å². The smallest absolute Gasteiger partial charge is 0.317 e. The lowest BCUT2D eigenvalue weighted by Crippen LogP contribution is -2.52. The second-order valence-corrected chi connectivity index (χ2v) is 13.7. The van der Waals surface area contributed by atoms with Crippen molar-refractivity contribution in [3.63, 3.8) is 0 Å². The fraction of sp³-hybridized carbons (Fsp3) is 0.767. The molecule has 1 heterocycles. The first-order chi connectivity index (χ1) is 16.8. The Labute approximate surface area is 209 Å². The molecule has 0 saturated heterocycles. The van der Waals surface area contributed by atoms with Gasteiger partial charge in [0.1, 0.15) is 0 Å². The maximum Gasteiger partial charge on any atom is 0.317 e. The summed E-state index contributed by atoms with van der Waals surface area (Å²) in [7, 11) is 0. The average Bonchev–Trinajstić information content (AvgIpc) is 2.78. The molecule has 0 aliphatic heterocycles. The van der Waals surface area contributed by atoms with Crippen LogP contribution in [0.2, 0.25) is 0 Å². The molecular weight excluding hydrogens is 436 g/mol. The molecule has 1 N–H and O–H groups in total. The Morgan fingerprint density at radius 1 is 0.857 bits per heavy atom. The van der Waals surface area contributed by atoms with Crippen LogP contribution >= 0.6 is 0 Å². The molecule has 9 rings (SSSR count). The summed E-state index contributed by atoms with van der Waals surface area (Å²) in [6, 6.07) is 1.92. The Hall–Kier alpha value is -1.91. The van der Waals surface area contributed by atoms with Crippen LogP contribution in [0.1, 0.15) is 95.4 Å². The Morgan fingerprint density at radius 3 is 1.77 bits per heavy atom. The number of hydrogen-bond acceptors (Lipinski definition) is 4. The topological polar surface area (TPSA) is 68.3 Å². The molecule has 0 unspecified atom stereocenters. The molecule has 188 valence electrons. The van der Waals surface area contributed by atoms with Crippen LogP contribution in [-0.4, -0.2) is 16.9 Å². The third kappa shape index (κ3) is 3.58. The van der Waals surface area contributed by atoms with Crippen molar-refractivity contribution in [3.05, 3.63) is 17.5 Å². The normalized spacial score (nSPS) is 42.3. The van der Waals surface area contributed by atoms with Crippen molar-refractivity contribution in [2.75, 3.05) is 5.32 Å². The van der Waals surface area contributed by atoms with E-state index in [0.29, 0.717) is 53.4 Å². The minimum Gasteiger partial charge on any atom is -0.422 e. The molecule has 5 heteroatoms. The van der Waals surface area contributed by atoms with Gasteiger partial charge < -0.3 is 10.1 Å². The quantitative estimate of drug-likeness (QED) is 0.512. The number of nitrogens with one attached hydrogen (secondary N) is 1. The van der Waals surface area contributed by atoms with Crippen LogP contribution < -0.4 is 10.1 Å². The first kappa shape index (κ1) is 22.3. The van der Waals surface area contributed by atoms with E-state index in [0.717, 1.165) is 49.9 Å². The molecule has 0 aromatic carbocycles. The number of nitrogens with zero attached hydrogens (tertiary/aromatic N) is 1. The maximum atomic E-state index is 13.9. The Bertz CT molecular complexity index is 1010. The van der Waals surface area contributed by atoms with Gasteiger partial charge in [-0.3, -0.25) is 14.6 Å². The van der Waals surface area contributed by atoms with Crippen LogP contribution in [0.4, 0.5) is 5.69 Å². The van der Waals surface area contributed by atoms with Crippen LogP contribution in [0.3, 0.4) is 0 Å². The molecule has 1 amide bonds. The second kappa shape index (κ2) is 7.79. The van der Waals surface area contributed by atoms with Crippen molar-refractivity contribution in [2.45, 2.75) is 97.3 Å². The van der Waals surface area contributed by atoms with E-state index in [1.807, 2.05) is 13.0 Å². The Morgan fingerprint density at radius 2 is 1.31 bits per heavy atom. The van der Waals surface area contributed by atoms with E-state index in [1.54, 1.807) is 0 Å². The fourth-order valence-electron chi connectivity index (χ4n) is 10.4. The minimum atomic E-state index is -0.328. The molecular formula is C30H40N2O3. The highest BCUT2D eigenvalue weighted by atomic mass is 16.5. The van der Waals surface area contributed by atoms with Crippen molar-refractivity contribution >= 4 is 17.6 Å². The van der Waals surface area contributed by atoms with Crippen LogP contribution in [0.25, 0.3) is 0 Å². The molecule has 8 saturated carbocycles. The van der Waals surface area contributed by atoms with Crippen molar-refractivity contribution in [1.29, 1.82) is 0 Å². The number of esters is 1. The molecule has 1 aromatic rings. The number of pyridine rings is 1. The maximum absolute atomic E-state index is 13.9. The molecule has 8 aliphatic carbocycles. The fourth-order valence-corrected chi connectivity index (χ4v) is 10.4. The zero-order valence-electron chi connectivity index (χ0n) is 21.4. The first-order valence-electron chi connectivity index (χ1n) is 14.4. The highest BCUT2D eigenvalue weighted by molar-refractivity contribution is 5.97. The predicted molar refractivity (Wildman–Crippen MR) is 134 cm³/mol. The number of carbonyl (C=O) groups excluding carboxylic acids is 2. The molecule has 0 spiro atoms. The zero-order chi connectivity index (χ0) is 23.9. The minimum absolute atomic E-state index is 0.0674. The van der Waals surface area contributed by atoms with E-state index in [2.05, 4.69) is 12.2 Å². The zero-order valence-corrected chi connectivity index (χ0v) is 21.4. The van der Waals surface area contributed by atoms with E-state index < -0.39 is 0 Å². The van der Waals surface area contributed by atoms with E-state index in [-0.39, 0.29) is 22.7 Å². The van der Waals surface area contributed by atoms with Crippen LogP contribution in [0, 0.1) is 53.3 Å². The van der Waals surface area contributed by atoms with Gasteiger partial charge in [0.2, 0.25) is 5.91 Å². The monoisotopic (exact) mass is 476 g/mol. The van der Waals surface area contributed by atoms with Gasteiger partial charge in [-0.05, 0) is 132 Å². The van der Waals surface area contributed by atoms with Gasteiger partial charge in [0.05, 0.1) is 22.2 Å². The lowest BCUT2D eigenvalue weighted by atomic mass is 9.49. The van der Waals surface area contributed by atoms with Crippen molar-refractivity contribution in [1.82, 2.24) is 4.98 Å². The van der Waals surface area contributed by atoms with E-state index >= 15 is 0 Å². The molecule has 1 aromatic heterocycles. The number of aryl methyl sites for hydroxylation is 2. The number of rotatable bonds is 5. The summed E-state index contributed by atoms with van der Waals surface area (Å²) in [6.07, 6.45) is 14.5. The van der Waals surface area contributed by atoms with Gasteiger partial charge in [-0.25, -0.2) is 0 Å². The summed E-state index contributed by atoms with van der Waals surface area (Å²) in [5, 5.41) is 3.31. The standard InChI is InChI=1S/C30H40N2O3/c1-3-24-26(35-28(34)30-14-21-8-22(15-30)10-23(9-21)16-30)25(4-17(2)31-24)32-27(33)29-11-18-5-19(12-29)7-20(6-18)13-29/h4,18-23H,3,5-16H2,1-2H3,(H,31,32,33). The summed E-state index contributed by atoms with van der Waals surface area (Å²) in [4.78, 5) is 32.4. The first-order valence-corrected chi connectivity index (χ1v) is 14.4. The lowest BCUT2D eigenvalue weighted by Gasteiger charge is -2.55. The third-order valence-electron chi connectivity index (χ3n) is 10.9. The molecule has 35 heavy (non-hydrogen) atoms. The molecule has 8 aliphatic rings. The van der Waals surface area contributed by atoms with Crippen molar-refractivity contribution in [2.24, 2.45) is 46.3 Å². The SMILES string of the molecule is CCc1nc(C)cc(NC(=O)C23CC4CC(CC(C4)C2)C3)c1OC(=O)C12CC3CC(CC(C3)C1)C2. The number of ether oxygens (including phenoxy) is 1. The number of anilines is 1. The van der Waals surface area contributed by atoms with Gasteiger partial charge in [-0.1, -0.05) is 6.92 Å². The average molecular weight is 477 g/mol. The molecule has 0 radical (unpaired) electrons. The van der Waals surface area contributed by atoms with Crippen LogP contribution in [0.5, 0.6) is 5.75 Å². The number of aromatic nitrogens is 1. The number of carbonyl (C=O) groups is 2. The number of amides is 1.